The van der Waals surface area contributed by atoms with Crippen LogP contribution in [0, 0.1) is 0 Å². The molecule has 2 rings (SSSR count). The van der Waals surface area contributed by atoms with Gasteiger partial charge in [-0.3, -0.25) is 14.4 Å². The van der Waals surface area contributed by atoms with E-state index in [2.05, 4.69) is 25.4 Å². The smallest absolute Gasteiger partial charge is 0.408 e. The van der Waals surface area contributed by atoms with Crippen LogP contribution in [0.25, 0.3) is 0 Å². The molecule has 0 spiro atoms. The van der Waals surface area contributed by atoms with Crippen molar-refractivity contribution >= 4 is 52.9 Å². The Bertz CT molecular complexity index is 965. The zero-order chi connectivity index (χ0) is 28.1. The largest absolute Gasteiger partial charge is 0.480 e. The van der Waals surface area contributed by atoms with Crippen molar-refractivity contribution in [3.63, 3.8) is 0 Å². The van der Waals surface area contributed by atoms with E-state index in [0.717, 1.165) is 24.8 Å². The summed E-state index contributed by atoms with van der Waals surface area (Å²) in [5.74, 6) is -1.97. The first-order valence-corrected chi connectivity index (χ1v) is 17.1. The van der Waals surface area contributed by atoms with Crippen LogP contribution in [0.3, 0.4) is 0 Å². The molecular weight excluding hydrogens is 578 g/mol. The number of rotatable bonds is 14. The highest BCUT2D eigenvalue weighted by atomic mass is 79.9. The lowest BCUT2D eigenvalue weighted by Gasteiger charge is -2.27. The van der Waals surface area contributed by atoms with Gasteiger partial charge in [-0.25, -0.2) is 9.59 Å². The summed E-state index contributed by atoms with van der Waals surface area (Å²) in [6.45, 7) is 1.30. The normalized spacial score (nSPS) is 15.6. The molecule has 0 radical (unpaired) electrons. The van der Waals surface area contributed by atoms with Gasteiger partial charge >= 0.3 is 12.1 Å². The molecule has 0 aliphatic carbocycles. The number of amides is 3. The minimum Gasteiger partial charge on any atom is -0.480 e. The van der Waals surface area contributed by atoms with E-state index >= 15 is 0 Å². The molecule has 2 atom stereocenters. The lowest BCUT2D eigenvalue weighted by atomic mass is 10.1. The first-order valence-electron chi connectivity index (χ1n) is 12.6. The Labute approximate surface area is 232 Å². The first-order chi connectivity index (χ1) is 17.9. The van der Waals surface area contributed by atoms with Gasteiger partial charge in [-0.15, -0.1) is 0 Å². The fraction of sp³-hybridized carbons (Fsp3) is 0.577. The summed E-state index contributed by atoms with van der Waals surface area (Å²) < 4.78 is 5.22. The molecular formula is C26H38BrN3O7S. The lowest BCUT2D eigenvalue weighted by Crippen LogP contribution is -2.52. The van der Waals surface area contributed by atoms with Gasteiger partial charge in [-0.2, -0.15) is 8.46 Å². The van der Waals surface area contributed by atoms with Crippen LogP contribution < -0.4 is 10.6 Å². The van der Waals surface area contributed by atoms with Crippen molar-refractivity contribution < 1.29 is 33.8 Å². The van der Waals surface area contributed by atoms with E-state index in [1.54, 1.807) is 29.2 Å². The summed E-state index contributed by atoms with van der Waals surface area (Å²) in [6.07, 6.45) is 5.79. The molecule has 0 saturated carbocycles. The number of aliphatic carboxylic acids is 1. The van der Waals surface area contributed by atoms with Crippen LogP contribution in [0.4, 0.5) is 4.79 Å². The third kappa shape index (κ3) is 12.3. The van der Waals surface area contributed by atoms with E-state index < -0.39 is 38.5 Å². The van der Waals surface area contributed by atoms with Gasteiger partial charge < -0.3 is 25.4 Å². The van der Waals surface area contributed by atoms with Gasteiger partial charge in [0, 0.05) is 31.7 Å². The fourth-order valence-corrected chi connectivity index (χ4v) is 5.71. The Kier molecular flexibility index (Phi) is 13.1. The molecule has 1 fully saturated rings. The molecule has 12 heteroatoms. The van der Waals surface area contributed by atoms with Crippen molar-refractivity contribution in [3.05, 3.63) is 35.9 Å². The molecule has 1 heterocycles. The third-order valence-corrected chi connectivity index (χ3v) is 7.70. The van der Waals surface area contributed by atoms with Gasteiger partial charge in [0.25, 0.3) is 0 Å². The average Bonchev–Trinajstić information content (AvgIpc) is 2.87. The molecule has 3 N–H and O–H groups in total. The van der Waals surface area contributed by atoms with Crippen LogP contribution in [-0.2, 0) is 30.5 Å². The molecule has 1 aliphatic rings. The topological polar surface area (TPSA) is 142 Å². The number of nitrogens with one attached hydrogen (secondary N) is 2. The van der Waals surface area contributed by atoms with E-state index in [1.165, 1.54) is 0 Å². The molecule has 1 aliphatic heterocycles. The Morgan fingerprint density at radius 1 is 0.974 bits per heavy atom. The van der Waals surface area contributed by atoms with Crippen LogP contribution in [0.15, 0.2) is 30.3 Å². The van der Waals surface area contributed by atoms with Gasteiger partial charge in [0.1, 0.15) is 24.5 Å². The second-order valence-electron chi connectivity index (χ2n) is 9.76. The van der Waals surface area contributed by atoms with E-state index in [-0.39, 0.29) is 44.0 Å². The summed E-state index contributed by atoms with van der Waals surface area (Å²) >= 11 is 3.48. The van der Waals surface area contributed by atoms with Crippen molar-refractivity contribution in [2.75, 3.05) is 31.4 Å². The maximum absolute atomic E-state index is 13.1. The van der Waals surface area contributed by atoms with Crippen LogP contribution in [0.1, 0.15) is 50.5 Å². The molecule has 3 amide bonds. The zero-order valence-corrected chi connectivity index (χ0v) is 24.4. The number of alkyl carbamates (subject to hydrolysis) is 1. The monoisotopic (exact) mass is 615 g/mol. The van der Waals surface area contributed by atoms with Crippen LogP contribution in [0.5, 0.6) is 0 Å². The van der Waals surface area contributed by atoms with Crippen LogP contribution >= 0.6 is 23.3 Å². The highest BCUT2D eigenvalue weighted by molar-refractivity contribution is 9.58. The lowest BCUT2D eigenvalue weighted by molar-refractivity contribution is -0.142. The number of Topliss-reactive ketones (excluding diaryl/α,β-unsaturated/α-hetero) is 1. The van der Waals surface area contributed by atoms with Crippen LogP contribution in [0.2, 0.25) is 0 Å². The number of ketones is 1. The van der Waals surface area contributed by atoms with Gasteiger partial charge in [0.2, 0.25) is 11.8 Å². The molecule has 1 saturated heterocycles. The molecule has 10 nitrogen and oxygen atoms in total. The highest BCUT2D eigenvalue weighted by Crippen LogP contribution is 2.47. The Morgan fingerprint density at radius 3 is 2.21 bits per heavy atom. The van der Waals surface area contributed by atoms with E-state index in [1.807, 2.05) is 18.6 Å². The fourth-order valence-electron chi connectivity index (χ4n) is 4.04. The van der Waals surface area contributed by atoms with E-state index in [9.17, 15) is 29.1 Å². The van der Waals surface area contributed by atoms with Gasteiger partial charge in [-0.1, -0.05) is 30.3 Å². The van der Waals surface area contributed by atoms with E-state index in [0.29, 0.717) is 18.8 Å². The number of hydrogen-bond donors (Lipinski definition) is 3. The van der Waals surface area contributed by atoms with Gasteiger partial charge in [-0.05, 0) is 65.0 Å². The number of carbonyl (C=O) groups excluding carboxylic acids is 4. The molecule has 0 bridgehead atoms. The molecule has 2 unspecified atom stereocenters. The molecule has 38 heavy (non-hydrogen) atoms. The van der Waals surface area contributed by atoms with Crippen molar-refractivity contribution in [3.8, 4) is 0 Å². The summed E-state index contributed by atoms with van der Waals surface area (Å²) in [5.41, 5.74) is 0.757. The third-order valence-electron chi connectivity index (χ3n) is 6.01. The quantitative estimate of drug-likeness (QED) is 0.291. The minimum absolute atomic E-state index is 0.00998. The Morgan fingerprint density at radius 2 is 1.61 bits per heavy atom. The second kappa shape index (κ2) is 15.7. The number of hydrogen-bond acceptors (Lipinski definition) is 6. The van der Waals surface area contributed by atoms with Gasteiger partial charge in [0.15, 0.2) is 0 Å². The molecule has 1 aromatic carbocycles. The molecule has 1 aromatic rings. The van der Waals surface area contributed by atoms with Crippen molar-refractivity contribution in [2.24, 2.45) is 0 Å². The summed E-state index contributed by atoms with van der Waals surface area (Å²) in [7, 11) is -1.26. The van der Waals surface area contributed by atoms with E-state index in [4.69, 9.17) is 4.74 Å². The summed E-state index contributed by atoms with van der Waals surface area (Å²) in [5, 5.41) is 14.5. The molecule has 0 aromatic heterocycles. The number of carbonyl (C=O) groups is 5. The maximum atomic E-state index is 13.1. The minimum atomic E-state index is -1.32. The highest BCUT2D eigenvalue weighted by Gasteiger charge is 2.29. The molecule has 212 valence electrons. The summed E-state index contributed by atoms with van der Waals surface area (Å²) in [6, 6.07) is 6.50. The number of carboxylic acid groups (broad SMARTS) is 1. The number of halogens is 1. The van der Waals surface area contributed by atoms with Crippen LogP contribution in [-0.4, -0.2) is 83.1 Å². The summed E-state index contributed by atoms with van der Waals surface area (Å²) in [4.78, 5) is 64.0. The van der Waals surface area contributed by atoms with Crippen molar-refractivity contribution in [2.45, 2.75) is 63.6 Å². The predicted molar refractivity (Wildman–Crippen MR) is 150 cm³/mol. The van der Waals surface area contributed by atoms with Crippen molar-refractivity contribution in [1.29, 1.82) is 0 Å². The SMILES string of the molecule is CS(C)(Br)CC(=O)CCC(NC(=O)C(CCC(=O)N1CCCCC1)NC(=O)OCc1ccccc1)C(=O)O. The zero-order valence-electron chi connectivity index (χ0n) is 21.9. The maximum Gasteiger partial charge on any atom is 0.408 e. The average molecular weight is 617 g/mol. The predicted octanol–water partition coefficient (Wildman–Crippen LogP) is 3.37. The Balaban J connectivity index is 2.01. The second-order valence-corrected chi connectivity index (χ2v) is 18.1. The number of nitrogens with zero attached hydrogens (tertiary/aromatic N) is 1. The van der Waals surface area contributed by atoms with Gasteiger partial charge in [0.05, 0.1) is 0 Å². The Hall–Kier alpha value is -2.60. The van der Waals surface area contributed by atoms with Crippen molar-refractivity contribution in [1.82, 2.24) is 15.5 Å². The number of likely N-dealkylation sites (tertiary alicyclic amines) is 1. The number of benzene rings is 1. The number of piperidine rings is 1. The first kappa shape index (κ1) is 31.6. The number of carboxylic acids is 1. The standard InChI is InChI=1S/C26H38BrN3O7S/c1-38(2,27)18-20(31)11-12-22(25(34)35)28-24(33)21(13-14-23(32)30-15-7-4-8-16-30)29-26(36)37-17-19-9-5-3-6-10-19/h3,5-6,9-10,21-22H,4,7-8,11-18H2,1-2H3,(H,28,33)(H,29,36)(H,34,35). The number of ether oxygens (including phenoxy) is 1.